The number of hydrogen-bond donors (Lipinski definition) is 0. The van der Waals surface area contributed by atoms with Crippen molar-refractivity contribution in [3.8, 4) is 0 Å². The number of imide groups is 1. The number of cyclic esters (lactones) is 1. The van der Waals surface area contributed by atoms with Gasteiger partial charge in [-0.1, -0.05) is 63.9 Å². The lowest BCUT2D eigenvalue weighted by Crippen LogP contribution is -2.52. The molecule has 4 nitrogen and oxygen atoms in total. The van der Waals surface area contributed by atoms with Crippen molar-refractivity contribution in [2.45, 2.75) is 78.1 Å². The van der Waals surface area contributed by atoms with E-state index in [4.69, 9.17) is 4.74 Å². The van der Waals surface area contributed by atoms with Gasteiger partial charge < -0.3 is 4.74 Å². The highest BCUT2D eigenvalue weighted by atomic mass is 19.4. The van der Waals surface area contributed by atoms with Gasteiger partial charge >= 0.3 is 12.3 Å². The minimum absolute atomic E-state index is 0.234. The topological polar surface area (TPSA) is 46.6 Å². The molecule has 0 saturated carbocycles. The number of ether oxygens (including phenoxy) is 1. The fraction of sp³-hybridized carbons (Fsp3) is 0.652. The molecule has 1 aromatic carbocycles. The second-order valence-electron chi connectivity index (χ2n) is 9.21. The zero-order valence-corrected chi connectivity index (χ0v) is 18.3. The van der Waals surface area contributed by atoms with Gasteiger partial charge in [-0.05, 0) is 44.1 Å². The minimum atomic E-state index is -4.74. The van der Waals surface area contributed by atoms with Crippen LogP contribution in [0.5, 0.6) is 0 Å². The largest absolute Gasteiger partial charge is 0.441 e. The molecule has 2 rings (SSSR count). The van der Waals surface area contributed by atoms with Crippen molar-refractivity contribution in [3.63, 3.8) is 0 Å². The number of amides is 2. The summed E-state index contributed by atoms with van der Waals surface area (Å²) < 4.78 is 47.1. The van der Waals surface area contributed by atoms with Crippen LogP contribution in [0.3, 0.4) is 0 Å². The molecule has 1 aromatic rings. The summed E-state index contributed by atoms with van der Waals surface area (Å²) >= 11 is 0. The fourth-order valence-corrected chi connectivity index (χ4v) is 4.07. The molecule has 7 heteroatoms. The van der Waals surface area contributed by atoms with Gasteiger partial charge in [-0.2, -0.15) is 13.2 Å². The van der Waals surface area contributed by atoms with E-state index in [0.717, 1.165) is 12.0 Å². The highest BCUT2D eigenvalue weighted by Crippen LogP contribution is 2.40. The van der Waals surface area contributed by atoms with Gasteiger partial charge in [0.15, 0.2) is 0 Å². The van der Waals surface area contributed by atoms with Gasteiger partial charge in [-0.25, -0.2) is 9.69 Å². The van der Waals surface area contributed by atoms with Crippen molar-refractivity contribution in [2.75, 3.05) is 0 Å². The van der Waals surface area contributed by atoms with Crippen LogP contribution in [-0.2, 0) is 16.0 Å². The van der Waals surface area contributed by atoms with E-state index in [-0.39, 0.29) is 12.8 Å². The monoisotopic (exact) mass is 427 g/mol. The molecule has 3 atom stereocenters. The summed E-state index contributed by atoms with van der Waals surface area (Å²) in [5.41, 5.74) is -0.264. The quantitative estimate of drug-likeness (QED) is 0.511. The molecule has 1 saturated heterocycles. The van der Waals surface area contributed by atoms with E-state index in [1.165, 1.54) is 6.92 Å². The minimum Gasteiger partial charge on any atom is -0.441 e. The number of benzene rings is 1. The lowest BCUT2D eigenvalue weighted by Gasteiger charge is -2.32. The van der Waals surface area contributed by atoms with Crippen LogP contribution in [0.25, 0.3) is 0 Å². The Balaban J connectivity index is 2.30. The molecule has 1 heterocycles. The Kier molecular flexibility index (Phi) is 7.59. The predicted molar refractivity (Wildman–Crippen MR) is 109 cm³/mol. The molecule has 0 aromatic heterocycles. The third kappa shape index (κ3) is 5.76. The van der Waals surface area contributed by atoms with E-state index < -0.39 is 41.7 Å². The summed E-state index contributed by atoms with van der Waals surface area (Å²) in [4.78, 5) is 26.4. The van der Waals surface area contributed by atoms with Crippen LogP contribution in [0.4, 0.5) is 18.0 Å². The Morgan fingerprint density at radius 1 is 1.13 bits per heavy atom. The third-order valence-electron chi connectivity index (χ3n) is 5.80. The van der Waals surface area contributed by atoms with Crippen LogP contribution < -0.4 is 0 Å². The molecule has 1 fully saturated rings. The smallest absolute Gasteiger partial charge is 0.417 e. The SMILES string of the molecule is CC(C)CCC[C@@H](C)[C@H](C(=O)N1C(=O)OC(C)(C)[C@@H]1Cc1ccccc1)C(F)(F)F. The van der Waals surface area contributed by atoms with Crippen LogP contribution in [-0.4, -0.2) is 34.7 Å². The molecule has 168 valence electrons. The summed E-state index contributed by atoms with van der Waals surface area (Å²) in [6.07, 6.45) is -3.85. The zero-order valence-electron chi connectivity index (χ0n) is 18.3. The number of nitrogens with zero attached hydrogens (tertiary/aromatic N) is 1. The van der Waals surface area contributed by atoms with Crippen LogP contribution in [0, 0.1) is 17.8 Å². The molecular formula is C23H32F3NO3. The Hall–Kier alpha value is -2.05. The van der Waals surface area contributed by atoms with Gasteiger partial charge in [0.25, 0.3) is 0 Å². The Bertz CT molecular complexity index is 731. The van der Waals surface area contributed by atoms with Crippen molar-refractivity contribution >= 4 is 12.0 Å². The number of carbonyl (C=O) groups excluding carboxylic acids is 2. The van der Waals surface area contributed by atoms with Gasteiger partial charge in [0.1, 0.15) is 11.5 Å². The normalized spacial score (nSPS) is 20.9. The molecule has 1 aliphatic heterocycles. The van der Waals surface area contributed by atoms with Crippen molar-refractivity contribution in [1.82, 2.24) is 4.90 Å². The number of rotatable bonds is 8. The molecule has 2 amide bonds. The first-order valence-corrected chi connectivity index (χ1v) is 10.5. The average Bonchev–Trinajstić information content (AvgIpc) is 2.82. The molecule has 0 unspecified atom stereocenters. The summed E-state index contributed by atoms with van der Waals surface area (Å²) in [5, 5.41) is 0. The molecule has 0 radical (unpaired) electrons. The van der Waals surface area contributed by atoms with E-state index >= 15 is 0 Å². The van der Waals surface area contributed by atoms with Crippen LogP contribution in [0.1, 0.15) is 59.4 Å². The molecule has 0 bridgehead atoms. The Morgan fingerprint density at radius 3 is 2.27 bits per heavy atom. The number of alkyl halides is 3. The predicted octanol–water partition coefficient (Wildman–Crippen LogP) is 6.00. The highest BCUT2D eigenvalue weighted by molar-refractivity contribution is 5.96. The van der Waals surface area contributed by atoms with E-state index in [1.807, 2.05) is 32.0 Å². The van der Waals surface area contributed by atoms with Crippen molar-refractivity contribution < 1.29 is 27.5 Å². The van der Waals surface area contributed by atoms with Crippen molar-refractivity contribution in [2.24, 2.45) is 17.8 Å². The molecular weight excluding hydrogens is 395 g/mol. The zero-order chi connectivity index (χ0) is 22.7. The molecule has 0 N–H and O–H groups in total. The van der Waals surface area contributed by atoms with Crippen LogP contribution in [0.15, 0.2) is 30.3 Å². The first kappa shape index (κ1) is 24.2. The van der Waals surface area contributed by atoms with Crippen LogP contribution >= 0.6 is 0 Å². The number of carbonyl (C=O) groups is 2. The standard InChI is InChI=1S/C23H32F3NO3/c1-15(2)10-9-11-16(3)19(23(24,25)26)20(28)27-18(22(4,5)30-21(27)29)14-17-12-7-6-8-13-17/h6-8,12-13,15-16,18-19H,9-11,14H2,1-5H3/t16-,18+,19-/m1/s1. The lowest BCUT2D eigenvalue weighted by molar-refractivity contribution is -0.198. The van der Waals surface area contributed by atoms with Gasteiger partial charge in [-0.3, -0.25) is 4.79 Å². The molecule has 1 aliphatic rings. The Labute approximate surface area is 176 Å². The molecule has 0 spiro atoms. The Morgan fingerprint density at radius 2 is 1.73 bits per heavy atom. The van der Waals surface area contributed by atoms with E-state index in [9.17, 15) is 22.8 Å². The summed E-state index contributed by atoms with van der Waals surface area (Å²) in [6.45, 7) is 8.71. The van der Waals surface area contributed by atoms with E-state index in [0.29, 0.717) is 17.2 Å². The lowest BCUT2D eigenvalue weighted by atomic mass is 9.85. The third-order valence-corrected chi connectivity index (χ3v) is 5.80. The number of hydrogen-bond acceptors (Lipinski definition) is 3. The summed E-state index contributed by atoms with van der Waals surface area (Å²) in [7, 11) is 0. The summed E-state index contributed by atoms with van der Waals surface area (Å²) in [5.74, 6) is -3.99. The van der Waals surface area contributed by atoms with Crippen LogP contribution in [0.2, 0.25) is 0 Å². The maximum Gasteiger partial charge on any atom is 0.417 e. The first-order valence-electron chi connectivity index (χ1n) is 10.5. The second kappa shape index (κ2) is 9.40. The fourth-order valence-electron chi connectivity index (χ4n) is 4.07. The second-order valence-corrected chi connectivity index (χ2v) is 9.21. The first-order chi connectivity index (χ1) is 13.8. The van der Waals surface area contributed by atoms with E-state index in [2.05, 4.69) is 0 Å². The summed E-state index contributed by atoms with van der Waals surface area (Å²) in [6, 6.07) is 8.26. The van der Waals surface area contributed by atoms with Gasteiger partial charge in [0.05, 0.1) is 6.04 Å². The van der Waals surface area contributed by atoms with Crippen molar-refractivity contribution in [3.05, 3.63) is 35.9 Å². The van der Waals surface area contributed by atoms with Crippen molar-refractivity contribution in [1.29, 1.82) is 0 Å². The van der Waals surface area contributed by atoms with E-state index in [1.54, 1.807) is 26.0 Å². The maximum absolute atomic E-state index is 13.9. The molecule has 30 heavy (non-hydrogen) atoms. The molecule has 0 aliphatic carbocycles. The van der Waals surface area contributed by atoms with Gasteiger partial charge in [0, 0.05) is 0 Å². The van der Waals surface area contributed by atoms with Gasteiger partial charge in [-0.15, -0.1) is 0 Å². The number of halogens is 3. The average molecular weight is 428 g/mol. The highest BCUT2D eigenvalue weighted by Gasteiger charge is 2.57. The van der Waals surface area contributed by atoms with Gasteiger partial charge in [0.2, 0.25) is 5.91 Å². The maximum atomic E-state index is 13.9.